The molecule has 0 amide bonds. The summed E-state index contributed by atoms with van der Waals surface area (Å²) in [6.07, 6.45) is 0.431. The van der Waals surface area contributed by atoms with Gasteiger partial charge in [0.1, 0.15) is 5.44 Å². The standard InChI is InChI=1S/C7H16O4S/c1-4-5-10-6(2)11-7(3)12(8)9/h6-7H,4-5H2,1-3H3,(H,8,9)/p-1. The van der Waals surface area contributed by atoms with Gasteiger partial charge in [-0.2, -0.15) is 0 Å². The van der Waals surface area contributed by atoms with E-state index >= 15 is 0 Å². The van der Waals surface area contributed by atoms with E-state index in [1.54, 1.807) is 6.92 Å². The maximum absolute atomic E-state index is 10.3. The lowest BCUT2D eigenvalue weighted by Crippen LogP contribution is -2.23. The first-order chi connectivity index (χ1) is 5.57. The van der Waals surface area contributed by atoms with Crippen LogP contribution >= 0.6 is 0 Å². The van der Waals surface area contributed by atoms with E-state index in [0.29, 0.717) is 6.61 Å². The van der Waals surface area contributed by atoms with Gasteiger partial charge in [0.05, 0.1) is 0 Å². The maximum atomic E-state index is 10.3. The molecule has 0 aromatic heterocycles. The molecule has 12 heavy (non-hydrogen) atoms. The van der Waals surface area contributed by atoms with Crippen molar-refractivity contribution in [2.45, 2.75) is 38.9 Å². The molecular weight excluding hydrogens is 180 g/mol. The van der Waals surface area contributed by atoms with Crippen LogP contribution in [0, 0.1) is 0 Å². The van der Waals surface area contributed by atoms with Gasteiger partial charge in [0.15, 0.2) is 6.29 Å². The van der Waals surface area contributed by atoms with Crippen LogP contribution in [0.1, 0.15) is 27.2 Å². The van der Waals surface area contributed by atoms with Crippen LogP contribution in [0.5, 0.6) is 0 Å². The fourth-order valence-corrected chi connectivity index (χ4v) is 0.886. The molecule has 3 unspecified atom stereocenters. The first kappa shape index (κ1) is 12.0. The van der Waals surface area contributed by atoms with E-state index in [4.69, 9.17) is 9.47 Å². The molecule has 0 aliphatic heterocycles. The molecule has 0 aromatic rings. The minimum Gasteiger partial charge on any atom is -0.770 e. The van der Waals surface area contributed by atoms with Crippen LogP contribution in [-0.2, 0) is 20.6 Å². The van der Waals surface area contributed by atoms with Gasteiger partial charge in [-0.05, 0) is 31.3 Å². The molecular formula is C7H15O4S-. The van der Waals surface area contributed by atoms with Gasteiger partial charge in [0.25, 0.3) is 0 Å². The van der Waals surface area contributed by atoms with Gasteiger partial charge in [0.2, 0.25) is 0 Å². The van der Waals surface area contributed by atoms with Crippen molar-refractivity contribution in [2.75, 3.05) is 6.61 Å². The van der Waals surface area contributed by atoms with E-state index in [0.717, 1.165) is 6.42 Å². The molecule has 0 spiro atoms. The summed E-state index contributed by atoms with van der Waals surface area (Å²) in [4.78, 5) is 0. The van der Waals surface area contributed by atoms with Gasteiger partial charge in [-0.1, -0.05) is 6.92 Å². The predicted octanol–water partition coefficient (Wildman–Crippen LogP) is 1.00. The highest BCUT2D eigenvalue weighted by Crippen LogP contribution is 2.02. The van der Waals surface area contributed by atoms with Crippen LogP contribution in [-0.4, -0.2) is 27.1 Å². The number of rotatable bonds is 6. The molecule has 0 heterocycles. The highest BCUT2D eigenvalue weighted by atomic mass is 32.2. The molecule has 0 rings (SSSR count). The Kier molecular flexibility index (Phi) is 6.55. The van der Waals surface area contributed by atoms with E-state index < -0.39 is 22.8 Å². The molecule has 0 aromatic carbocycles. The second kappa shape index (κ2) is 6.54. The molecule has 0 saturated heterocycles. The third-order valence-corrected chi connectivity index (χ3v) is 1.86. The van der Waals surface area contributed by atoms with Crippen molar-refractivity contribution in [3.8, 4) is 0 Å². The third-order valence-electron chi connectivity index (χ3n) is 1.21. The molecule has 0 aliphatic carbocycles. The Morgan fingerprint density at radius 3 is 2.50 bits per heavy atom. The summed E-state index contributed by atoms with van der Waals surface area (Å²) in [5, 5.41) is 0. The summed E-state index contributed by atoms with van der Waals surface area (Å²) in [5.41, 5.74) is -0.808. The van der Waals surface area contributed by atoms with Gasteiger partial charge >= 0.3 is 0 Å². The van der Waals surface area contributed by atoms with Crippen molar-refractivity contribution in [3.05, 3.63) is 0 Å². The molecule has 5 heteroatoms. The summed E-state index contributed by atoms with van der Waals surface area (Å²) >= 11 is -2.19. The van der Waals surface area contributed by atoms with Gasteiger partial charge in [0, 0.05) is 6.61 Å². The van der Waals surface area contributed by atoms with Gasteiger partial charge in [-0.3, -0.25) is 4.21 Å². The van der Waals surface area contributed by atoms with Crippen LogP contribution in [0.15, 0.2) is 0 Å². The van der Waals surface area contributed by atoms with Crippen LogP contribution in [0.3, 0.4) is 0 Å². The number of hydrogen-bond acceptors (Lipinski definition) is 4. The van der Waals surface area contributed by atoms with Gasteiger partial charge < -0.3 is 14.0 Å². The minimum absolute atomic E-state index is 0.460. The normalized spacial score (nSPS) is 18.7. The van der Waals surface area contributed by atoms with Crippen LogP contribution in [0.4, 0.5) is 0 Å². The lowest BCUT2D eigenvalue weighted by Gasteiger charge is -2.20. The van der Waals surface area contributed by atoms with Crippen molar-refractivity contribution in [2.24, 2.45) is 0 Å². The van der Waals surface area contributed by atoms with Crippen LogP contribution in [0.25, 0.3) is 0 Å². The lowest BCUT2D eigenvalue weighted by molar-refractivity contribution is -0.137. The Labute approximate surface area is 75.5 Å². The van der Waals surface area contributed by atoms with Crippen molar-refractivity contribution in [1.82, 2.24) is 0 Å². The SMILES string of the molecule is CCCOC(C)OC(C)S(=O)[O-]. The van der Waals surface area contributed by atoms with Gasteiger partial charge in [-0.25, -0.2) is 0 Å². The zero-order valence-electron chi connectivity index (χ0n) is 7.61. The Bertz CT molecular complexity index is 139. The molecule has 0 radical (unpaired) electrons. The lowest BCUT2D eigenvalue weighted by atomic mass is 10.5. The highest BCUT2D eigenvalue weighted by molar-refractivity contribution is 7.79. The Morgan fingerprint density at radius 1 is 1.50 bits per heavy atom. The number of ether oxygens (including phenoxy) is 2. The van der Waals surface area contributed by atoms with E-state index in [1.807, 2.05) is 6.92 Å². The van der Waals surface area contributed by atoms with Gasteiger partial charge in [-0.15, -0.1) is 0 Å². The summed E-state index contributed by atoms with van der Waals surface area (Å²) in [5.74, 6) is 0. The monoisotopic (exact) mass is 195 g/mol. The average molecular weight is 195 g/mol. The summed E-state index contributed by atoms with van der Waals surface area (Å²) in [6, 6.07) is 0. The average Bonchev–Trinajstić information content (AvgIpc) is 2.00. The molecule has 4 nitrogen and oxygen atoms in total. The summed E-state index contributed by atoms with van der Waals surface area (Å²) in [7, 11) is 0. The minimum atomic E-state index is -2.19. The van der Waals surface area contributed by atoms with E-state index in [2.05, 4.69) is 0 Å². The Morgan fingerprint density at radius 2 is 2.08 bits per heavy atom. The third kappa shape index (κ3) is 5.65. The highest BCUT2D eigenvalue weighted by Gasteiger charge is 2.07. The molecule has 3 atom stereocenters. The topological polar surface area (TPSA) is 58.6 Å². The summed E-state index contributed by atoms with van der Waals surface area (Å²) < 4.78 is 30.8. The fourth-order valence-electron chi connectivity index (χ4n) is 0.638. The Balaban J connectivity index is 3.53. The molecule has 74 valence electrons. The second-order valence-corrected chi connectivity index (χ2v) is 3.59. The predicted molar refractivity (Wildman–Crippen MR) is 45.2 cm³/mol. The zero-order valence-corrected chi connectivity index (χ0v) is 8.43. The van der Waals surface area contributed by atoms with Crippen LogP contribution < -0.4 is 0 Å². The molecule has 0 fully saturated rings. The fraction of sp³-hybridized carbons (Fsp3) is 1.00. The van der Waals surface area contributed by atoms with Crippen molar-refractivity contribution in [3.63, 3.8) is 0 Å². The van der Waals surface area contributed by atoms with E-state index in [1.165, 1.54) is 6.92 Å². The second-order valence-electron chi connectivity index (χ2n) is 2.40. The van der Waals surface area contributed by atoms with E-state index in [-0.39, 0.29) is 0 Å². The first-order valence-electron chi connectivity index (χ1n) is 3.93. The molecule has 0 bridgehead atoms. The van der Waals surface area contributed by atoms with Crippen molar-refractivity contribution >= 4 is 11.1 Å². The van der Waals surface area contributed by atoms with E-state index in [9.17, 15) is 8.76 Å². The first-order valence-corrected chi connectivity index (χ1v) is 5.06. The maximum Gasteiger partial charge on any atom is 0.156 e. The Hall–Kier alpha value is 0.0300. The largest absolute Gasteiger partial charge is 0.770 e. The summed E-state index contributed by atoms with van der Waals surface area (Å²) in [6.45, 7) is 5.70. The number of hydrogen-bond donors (Lipinski definition) is 0. The van der Waals surface area contributed by atoms with Crippen molar-refractivity contribution < 1.29 is 18.2 Å². The van der Waals surface area contributed by atoms with Crippen molar-refractivity contribution in [1.29, 1.82) is 0 Å². The quantitative estimate of drug-likeness (QED) is 0.468. The van der Waals surface area contributed by atoms with Crippen LogP contribution in [0.2, 0.25) is 0 Å². The smallest absolute Gasteiger partial charge is 0.156 e. The molecule has 0 N–H and O–H groups in total. The zero-order chi connectivity index (χ0) is 9.56. The molecule has 0 saturated carbocycles. The molecule has 0 aliphatic rings.